The van der Waals surface area contributed by atoms with Gasteiger partial charge in [0.25, 0.3) is 0 Å². The zero-order chi connectivity index (χ0) is 12.1. The summed E-state index contributed by atoms with van der Waals surface area (Å²) in [5.41, 5.74) is 5.45. The van der Waals surface area contributed by atoms with Gasteiger partial charge >= 0.3 is 0 Å². The molecule has 0 amide bonds. The molecule has 0 unspecified atom stereocenters. The molecule has 0 saturated carbocycles. The lowest BCUT2D eigenvalue weighted by molar-refractivity contribution is 0.378. The fourth-order valence-corrected chi connectivity index (χ4v) is 1.48. The smallest absolute Gasteiger partial charge is 0.169 e. The number of ether oxygens (including phenoxy) is 2. The summed E-state index contributed by atoms with van der Waals surface area (Å²) in [6.45, 7) is 1.23. The summed E-state index contributed by atoms with van der Waals surface area (Å²) < 4.78 is 12.6. The highest BCUT2D eigenvalue weighted by molar-refractivity contribution is 5.41. The third-order valence-corrected chi connectivity index (χ3v) is 2.26. The molecule has 1 aromatic heterocycles. The summed E-state index contributed by atoms with van der Waals surface area (Å²) in [6, 6.07) is 7.48. The van der Waals surface area contributed by atoms with Crippen molar-refractivity contribution in [2.45, 2.75) is 6.54 Å². The van der Waals surface area contributed by atoms with Gasteiger partial charge < -0.3 is 15.2 Å². The molecule has 0 fully saturated rings. The van der Waals surface area contributed by atoms with Gasteiger partial charge in [0.15, 0.2) is 17.2 Å². The summed E-state index contributed by atoms with van der Waals surface area (Å²) in [6.07, 6.45) is 3.46. The molecule has 5 heteroatoms. The molecule has 0 spiro atoms. The summed E-state index contributed by atoms with van der Waals surface area (Å²) in [5.74, 6) is 2.03. The van der Waals surface area contributed by atoms with Gasteiger partial charge in [0.1, 0.15) is 0 Å². The number of para-hydroxylation sites is 2. The van der Waals surface area contributed by atoms with Crippen LogP contribution in [0.25, 0.3) is 0 Å². The second-order valence-corrected chi connectivity index (χ2v) is 3.48. The van der Waals surface area contributed by atoms with Gasteiger partial charge in [-0.25, -0.2) is 0 Å². The van der Waals surface area contributed by atoms with Crippen LogP contribution in [0.15, 0.2) is 36.7 Å². The third-order valence-electron chi connectivity index (χ3n) is 2.26. The predicted octanol–water partition coefficient (Wildman–Crippen LogP) is 1.64. The quantitative estimate of drug-likeness (QED) is 0.852. The molecule has 0 aliphatic carbocycles. The van der Waals surface area contributed by atoms with Crippen molar-refractivity contribution in [1.29, 1.82) is 0 Å². The second-order valence-electron chi connectivity index (χ2n) is 3.48. The monoisotopic (exact) mass is 233 g/mol. The minimum absolute atomic E-state index is 0.551. The van der Waals surface area contributed by atoms with Crippen LogP contribution in [0.4, 0.5) is 0 Å². The van der Waals surface area contributed by atoms with E-state index in [1.807, 2.05) is 24.3 Å². The normalized spacial score (nSPS) is 10.2. The second kappa shape index (κ2) is 5.36. The molecule has 2 rings (SSSR count). The number of benzene rings is 1. The van der Waals surface area contributed by atoms with Crippen LogP contribution >= 0.6 is 0 Å². The number of nitrogens with zero attached hydrogens (tertiary/aromatic N) is 2. The number of aromatic nitrogens is 2. The lowest BCUT2D eigenvalue weighted by Gasteiger charge is -2.07. The molecule has 90 valence electrons. The summed E-state index contributed by atoms with van der Waals surface area (Å²) >= 11 is 0. The van der Waals surface area contributed by atoms with Crippen molar-refractivity contribution in [2.75, 3.05) is 13.7 Å². The summed E-state index contributed by atoms with van der Waals surface area (Å²) in [4.78, 5) is 0. The Bertz CT molecular complexity index is 482. The lowest BCUT2D eigenvalue weighted by atomic mass is 10.3. The van der Waals surface area contributed by atoms with E-state index < -0.39 is 0 Å². The topological polar surface area (TPSA) is 62.3 Å². The molecule has 1 aromatic carbocycles. The Balaban J connectivity index is 2.13. The SMILES string of the molecule is COc1ccccc1Oc1cnn(CCN)c1. The Morgan fingerprint density at radius 3 is 2.76 bits per heavy atom. The molecule has 0 bridgehead atoms. The first-order valence-corrected chi connectivity index (χ1v) is 5.37. The molecule has 17 heavy (non-hydrogen) atoms. The molecule has 0 atom stereocenters. The number of rotatable bonds is 5. The van der Waals surface area contributed by atoms with Crippen molar-refractivity contribution in [3.8, 4) is 17.2 Å². The standard InChI is InChI=1S/C12H15N3O2/c1-16-11-4-2-3-5-12(11)17-10-8-14-15(9-10)7-6-13/h2-5,8-9H,6-7,13H2,1H3. The molecule has 5 nitrogen and oxygen atoms in total. The first-order valence-electron chi connectivity index (χ1n) is 5.37. The van der Waals surface area contributed by atoms with Crippen LogP contribution in [-0.2, 0) is 6.54 Å². The lowest BCUT2D eigenvalue weighted by Crippen LogP contribution is -2.09. The van der Waals surface area contributed by atoms with Gasteiger partial charge in [0, 0.05) is 6.54 Å². The molecule has 2 aromatic rings. The van der Waals surface area contributed by atoms with Crippen molar-refractivity contribution >= 4 is 0 Å². The van der Waals surface area contributed by atoms with E-state index >= 15 is 0 Å². The molecular weight excluding hydrogens is 218 g/mol. The van der Waals surface area contributed by atoms with Crippen LogP contribution < -0.4 is 15.2 Å². The highest BCUT2D eigenvalue weighted by Crippen LogP contribution is 2.30. The maximum absolute atomic E-state index is 5.68. The van der Waals surface area contributed by atoms with E-state index in [0.29, 0.717) is 30.3 Å². The number of nitrogens with two attached hydrogens (primary N) is 1. The van der Waals surface area contributed by atoms with Crippen molar-refractivity contribution in [1.82, 2.24) is 9.78 Å². The van der Waals surface area contributed by atoms with E-state index in [0.717, 1.165) is 0 Å². The number of methoxy groups -OCH3 is 1. The molecule has 0 radical (unpaired) electrons. The zero-order valence-corrected chi connectivity index (χ0v) is 9.67. The van der Waals surface area contributed by atoms with Crippen LogP contribution in [0.2, 0.25) is 0 Å². The third kappa shape index (κ3) is 2.76. The maximum Gasteiger partial charge on any atom is 0.169 e. The zero-order valence-electron chi connectivity index (χ0n) is 9.67. The van der Waals surface area contributed by atoms with Crippen LogP contribution in [0.3, 0.4) is 0 Å². The highest BCUT2D eigenvalue weighted by atomic mass is 16.5. The molecular formula is C12H15N3O2. The van der Waals surface area contributed by atoms with Gasteiger partial charge in [0.2, 0.25) is 0 Å². The van der Waals surface area contributed by atoms with Gasteiger partial charge in [0.05, 0.1) is 26.0 Å². The molecule has 1 heterocycles. The van der Waals surface area contributed by atoms with Gasteiger partial charge in [-0.05, 0) is 12.1 Å². The van der Waals surface area contributed by atoms with Crippen molar-refractivity contribution < 1.29 is 9.47 Å². The predicted molar refractivity (Wildman–Crippen MR) is 64.3 cm³/mol. The first-order chi connectivity index (χ1) is 8.33. The van der Waals surface area contributed by atoms with Crippen molar-refractivity contribution in [3.05, 3.63) is 36.7 Å². The Kier molecular flexibility index (Phi) is 3.62. The van der Waals surface area contributed by atoms with Crippen LogP contribution in [0, 0.1) is 0 Å². The first kappa shape index (κ1) is 11.5. The van der Waals surface area contributed by atoms with E-state index in [1.54, 1.807) is 24.2 Å². The van der Waals surface area contributed by atoms with Crippen LogP contribution in [0.1, 0.15) is 0 Å². The molecule has 0 saturated heterocycles. The van der Waals surface area contributed by atoms with Gasteiger partial charge in [-0.2, -0.15) is 5.10 Å². The minimum atomic E-state index is 0.551. The largest absolute Gasteiger partial charge is 0.493 e. The van der Waals surface area contributed by atoms with E-state index in [4.69, 9.17) is 15.2 Å². The Morgan fingerprint density at radius 2 is 2.06 bits per heavy atom. The van der Waals surface area contributed by atoms with E-state index in [9.17, 15) is 0 Å². The van der Waals surface area contributed by atoms with Crippen LogP contribution in [-0.4, -0.2) is 23.4 Å². The minimum Gasteiger partial charge on any atom is -0.493 e. The molecule has 0 aliphatic rings. The van der Waals surface area contributed by atoms with Crippen molar-refractivity contribution in [2.24, 2.45) is 5.73 Å². The van der Waals surface area contributed by atoms with Gasteiger partial charge in [-0.15, -0.1) is 0 Å². The Labute approximate surface area is 99.8 Å². The molecule has 0 aliphatic heterocycles. The van der Waals surface area contributed by atoms with Gasteiger partial charge in [-0.3, -0.25) is 4.68 Å². The van der Waals surface area contributed by atoms with Gasteiger partial charge in [-0.1, -0.05) is 12.1 Å². The number of hydrogen-bond donors (Lipinski definition) is 1. The van der Waals surface area contributed by atoms with E-state index in [-0.39, 0.29) is 0 Å². The average Bonchev–Trinajstić information content (AvgIpc) is 2.78. The Morgan fingerprint density at radius 1 is 1.29 bits per heavy atom. The highest BCUT2D eigenvalue weighted by Gasteiger charge is 2.05. The number of hydrogen-bond acceptors (Lipinski definition) is 4. The van der Waals surface area contributed by atoms with E-state index in [1.165, 1.54) is 0 Å². The van der Waals surface area contributed by atoms with Crippen molar-refractivity contribution in [3.63, 3.8) is 0 Å². The molecule has 2 N–H and O–H groups in total. The average molecular weight is 233 g/mol. The fraction of sp³-hybridized carbons (Fsp3) is 0.250. The summed E-state index contributed by atoms with van der Waals surface area (Å²) in [5, 5.41) is 4.13. The Hall–Kier alpha value is -2.01. The fourth-order valence-electron chi connectivity index (χ4n) is 1.48. The van der Waals surface area contributed by atoms with E-state index in [2.05, 4.69) is 5.10 Å². The summed E-state index contributed by atoms with van der Waals surface area (Å²) in [7, 11) is 1.61. The maximum atomic E-state index is 5.68. The van der Waals surface area contributed by atoms with Crippen LogP contribution in [0.5, 0.6) is 17.2 Å².